The van der Waals surface area contributed by atoms with Gasteiger partial charge >= 0.3 is 0 Å². The number of fused-ring (bicyclic) bond motifs is 3. The minimum Gasteiger partial charge on any atom is -0.471 e. The Morgan fingerprint density at radius 3 is 2.54 bits per heavy atom. The second kappa shape index (κ2) is 14.3. The molecule has 4 aliphatic rings. The van der Waals surface area contributed by atoms with Gasteiger partial charge in [-0.1, -0.05) is 43.2 Å². The van der Waals surface area contributed by atoms with E-state index in [9.17, 15) is 36.4 Å². The largest absolute Gasteiger partial charge is 0.471 e. The Bertz CT molecular complexity index is 2160. The lowest BCUT2D eigenvalue weighted by Crippen LogP contribution is -2.58. The summed E-state index contributed by atoms with van der Waals surface area (Å²) in [4.78, 5) is 66.0. The third kappa shape index (κ3) is 7.27. The van der Waals surface area contributed by atoms with Crippen molar-refractivity contribution in [1.29, 1.82) is 0 Å². The van der Waals surface area contributed by atoms with E-state index in [1.807, 2.05) is 12.2 Å². The van der Waals surface area contributed by atoms with E-state index in [1.165, 1.54) is 35.2 Å². The van der Waals surface area contributed by atoms with Gasteiger partial charge in [0, 0.05) is 12.3 Å². The summed E-state index contributed by atoms with van der Waals surface area (Å²) in [5.74, 6) is -4.87. The minimum absolute atomic E-state index is 0.000348. The molecule has 2 saturated carbocycles. The Morgan fingerprint density at radius 1 is 1.02 bits per heavy atom. The van der Waals surface area contributed by atoms with E-state index in [0.717, 1.165) is 12.5 Å². The van der Waals surface area contributed by atoms with E-state index in [4.69, 9.17) is 4.74 Å². The summed E-state index contributed by atoms with van der Waals surface area (Å²) in [6.45, 7) is 3.03. The lowest BCUT2D eigenvalue weighted by Gasteiger charge is -2.30. The van der Waals surface area contributed by atoms with E-state index in [1.54, 1.807) is 19.9 Å². The van der Waals surface area contributed by atoms with Crippen LogP contribution in [-0.4, -0.2) is 81.9 Å². The molecule has 0 spiro atoms. The first-order valence-electron chi connectivity index (χ1n) is 18.2. The van der Waals surface area contributed by atoms with Crippen molar-refractivity contribution in [1.82, 2.24) is 30.2 Å². The van der Waals surface area contributed by atoms with Crippen LogP contribution in [0.3, 0.4) is 0 Å². The molecule has 5 atom stereocenters. The number of benzene rings is 2. The van der Waals surface area contributed by atoms with Gasteiger partial charge < -0.3 is 20.3 Å². The highest BCUT2D eigenvalue weighted by atomic mass is 32.2. The average Bonchev–Trinajstić information content (AvgIpc) is 4.01. The zero-order chi connectivity index (χ0) is 38.4. The molecule has 0 bridgehead atoms. The SMILES string of the molecule is Cc1nc2cccc(F)c2nc1O[C@@H]1C[C@H]2C(=O)N[C@]3(C(=O)NS(=O)(=O)C4(C)CC4)C[C@H]3/C=C\CCCCC[C@H](NC(=O)c3ccccc3F)C(=O)N2C1. The van der Waals surface area contributed by atoms with Crippen LogP contribution < -0.4 is 20.1 Å². The number of hydrogen-bond acceptors (Lipinski definition) is 9. The summed E-state index contributed by atoms with van der Waals surface area (Å²) in [7, 11) is -4.03. The number of para-hydroxylation sites is 1. The van der Waals surface area contributed by atoms with Gasteiger partial charge in [-0.2, -0.15) is 0 Å². The molecule has 1 aromatic heterocycles. The molecule has 286 valence electrons. The lowest BCUT2D eigenvalue weighted by molar-refractivity contribution is -0.141. The fourth-order valence-corrected chi connectivity index (χ4v) is 8.53. The number of nitrogens with one attached hydrogen (secondary N) is 3. The molecule has 1 saturated heterocycles. The lowest BCUT2D eigenvalue weighted by atomic mass is 10.0. The minimum atomic E-state index is -4.03. The van der Waals surface area contributed by atoms with Gasteiger partial charge in [-0.25, -0.2) is 27.2 Å². The highest BCUT2D eigenvalue weighted by molar-refractivity contribution is 7.91. The summed E-state index contributed by atoms with van der Waals surface area (Å²) in [6, 6.07) is 7.36. The van der Waals surface area contributed by atoms with Crippen LogP contribution in [0.2, 0.25) is 0 Å². The van der Waals surface area contributed by atoms with Gasteiger partial charge in [-0.3, -0.25) is 23.9 Å². The molecule has 2 aromatic carbocycles. The van der Waals surface area contributed by atoms with Gasteiger partial charge in [0.25, 0.3) is 11.8 Å². The Hall–Kier alpha value is -4.99. The molecule has 2 aliphatic carbocycles. The van der Waals surface area contributed by atoms with Gasteiger partial charge in [0.2, 0.25) is 27.7 Å². The monoisotopic (exact) mass is 764 g/mol. The zero-order valence-corrected chi connectivity index (χ0v) is 30.8. The number of allylic oxidation sites excluding steroid dienone is 1. The van der Waals surface area contributed by atoms with E-state index < -0.39 is 79.7 Å². The van der Waals surface area contributed by atoms with Crippen LogP contribution in [0.1, 0.15) is 80.8 Å². The molecule has 0 radical (unpaired) electrons. The molecular weight excluding hydrogens is 723 g/mol. The number of rotatable bonds is 7. The van der Waals surface area contributed by atoms with Crippen LogP contribution in [0.15, 0.2) is 54.6 Å². The number of sulfonamides is 1. The van der Waals surface area contributed by atoms with Crippen LogP contribution in [0, 0.1) is 24.5 Å². The third-order valence-corrected chi connectivity index (χ3v) is 13.1. The first-order chi connectivity index (χ1) is 25.7. The number of carbonyl (C=O) groups excluding carboxylic acids is 4. The number of amides is 4. The quantitative estimate of drug-likeness (QED) is 0.303. The first kappa shape index (κ1) is 37.3. The fourth-order valence-electron chi connectivity index (χ4n) is 7.21. The highest BCUT2D eigenvalue weighted by Gasteiger charge is 2.63. The Kier molecular flexibility index (Phi) is 9.91. The van der Waals surface area contributed by atoms with Crippen LogP contribution in [0.5, 0.6) is 5.88 Å². The molecule has 4 amide bonds. The van der Waals surface area contributed by atoms with Crippen molar-refractivity contribution in [3.8, 4) is 5.88 Å². The van der Waals surface area contributed by atoms with Crippen LogP contribution in [0.4, 0.5) is 8.78 Å². The van der Waals surface area contributed by atoms with Crippen molar-refractivity contribution in [2.75, 3.05) is 6.54 Å². The van der Waals surface area contributed by atoms with Gasteiger partial charge in [0.1, 0.15) is 40.8 Å². The number of halogens is 2. The molecule has 16 heteroatoms. The van der Waals surface area contributed by atoms with Crippen molar-refractivity contribution >= 4 is 44.7 Å². The number of carbonyl (C=O) groups is 4. The van der Waals surface area contributed by atoms with Gasteiger partial charge in [0.15, 0.2) is 5.82 Å². The van der Waals surface area contributed by atoms with E-state index in [0.29, 0.717) is 43.3 Å². The molecule has 3 N–H and O–H groups in total. The molecule has 3 heterocycles. The summed E-state index contributed by atoms with van der Waals surface area (Å²) in [5, 5.41) is 5.49. The molecule has 13 nitrogen and oxygen atoms in total. The number of ether oxygens (including phenoxy) is 1. The Labute approximate surface area is 311 Å². The molecule has 54 heavy (non-hydrogen) atoms. The van der Waals surface area contributed by atoms with Crippen LogP contribution in [0.25, 0.3) is 11.0 Å². The predicted molar refractivity (Wildman–Crippen MR) is 192 cm³/mol. The third-order valence-electron chi connectivity index (χ3n) is 11.0. The Morgan fingerprint density at radius 2 is 1.78 bits per heavy atom. The first-order valence-corrected chi connectivity index (χ1v) is 19.7. The number of aryl methyl sites for hydroxylation is 1. The van der Waals surface area contributed by atoms with Crippen LogP contribution >= 0.6 is 0 Å². The average molecular weight is 765 g/mol. The van der Waals surface area contributed by atoms with Crippen molar-refractivity contribution in [3.63, 3.8) is 0 Å². The molecule has 3 fully saturated rings. The maximum Gasteiger partial charge on any atom is 0.259 e. The maximum atomic E-state index is 14.7. The van der Waals surface area contributed by atoms with Gasteiger partial charge in [0.05, 0.1) is 22.4 Å². The normalized spacial score (nSPS) is 27.4. The number of hydrogen-bond donors (Lipinski definition) is 3. The van der Waals surface area contributed by atoms with Crippen LogP contribution in [-0.2, 0) is 24.4 Å². The Balaban J connectivity index is 1.21. The van der Waals surface area contributed by atoms with Crippen molar-refractivity contribution < 1.29 is 41.1 Å². The van der Waals surface area contributed by atoms with Crippen molar-refractivity contribution in [2.45, 2.75) is 100 Å². The van der Waals surface area contributed by atoms with Gasteiger partial charge in [-0.05, 0) is 76.6 Å². The molecular formula is C38H42F2N6O7S. The number of aromatic nitrogens is 2. The summed E-state index contributed by atoms with van der Waals surface area (Å²) >= 11 is 0. The summed E-state index contributed by atoms with van der Waals surface area (Å²) < 4.78 is 62.9. The number of nitrogens with zero attached hydrogens (tertiary/aromatic N) is 3. The standard InChI is InChI=1S/C38H42F2N6O7S/c1-22-34(43-31-27(40)14-10-16-28(31)41-22)53-24-19-30-33(48)44-38(36(50)45-54(51,52)37(2)17-18-37)20-23(38)11-6-4-3-5-7-15-29(35(49)46(30)21-24)42-32(47)25-12-8-9-13-26(25)39/h6,8-14,16,23-24,29-30H,3-5,7,15,17-21H2,1-2H3,(H,42,47)(H,44,48)(H,45,50)/b11-6-/t23-,24-,29+,30+,38-/m1/s1. The summed E-state index contributed by atoms with van der Waals surface area (Å²) in [5.41, 5.74) is -1.20. The van der Waals surface area contributed by atoms with Gasteiger partial charge in [-0.15, -0.1) is 0 Å². The topological polar surface area (TPSA) is 177 Å². The molecule has 3 aromatic rings. The van der Waals surface area contributed by atoms with E-state index in [-0.39, 0.29) is 42.8 Å². The second-order valence-corrected chi connectivity index (χ2v) is 17.1. The van der Waals surface area contributed by atoms with Crippen molar-refractivity contribution in [2.24, 2.45) is 5.92 Å². The predicted octanol–water partition coefficient (Wildman–Crippen LogP) is 3.76. The maximum absolute atomic E-state index is 14.7. The molecule has 2 aliphatic heterocycles. The zero-order valence-electron chi connectivity index (χ0n) is 29.9. The fraction of sp³-hybridized carbons (Fsp3) is 0.474. The molecule has 7 rings (SSSR count). The smallest absolute Gasteiger partial charge is 0.259 e. The van der Waals surface area contributed by atoms with E-state index in [2.05, 4.69) is 25.3 Å². The highest BCUT2D eigenvalue weighted by Crippen LogP contribution is 2.47. The molecule has 0 unspecified atom stereocenters. The summed E-state index contributed by atoms with van der Waals surface area (Å²) in [6.07, 6.45) is 6.46. The second-order valence-electron chi connectivity index (χ2n) is 14.9. The van der Waals surface area contributed by atoms with E-state index >= 15 is 0 Å². The van der Waals surface area contributed by atoms with Crippen molar-refractivity contribution in [3.05, 3.63) is 77.5 Å².